The van der Waals surface area contributed by atoms with Crippen molar-refractivity contribution < 1.29 is 13.6 Å². The number of hydrogen-bond donors (Lipinski definition) is 2. The van der Waals surface area contributed by atoms with E-state index in [4.69, 9.17) is 5.73 Å². The van der Waals surface area contributed by atoms with Crippen molar-refractivity contribution >= 4 is 5.91 Å². The second kappa shape index (κ2) is 11.1. The highest BCUT2D eigenvalue weighted by atomic mass is 19.1. The summed E-state index contributed by atoms with van der Waals surface area (Å²) in [6.07, 6.45) is 3.28. The number of rotatable bonds is 7. The second-order valence-corrected chi connectivity index (χ2v) is 9.93. The molecule has 0 radical (unpaired) electrons. The Hall–Kier alpha value is -3.05. The van der Waals surface area contributed by atoms with E-state index in [2.05, 4.69) is 5.32 Å². The van der Waals surface area contributed by atoms with Gasteiger partial charge in [-0.2, -0.15) is 0 Å². The summed E-state index contributed by atoms with van der Waals surface area (Å²) in [5.41, 5.74) is 9.31. The molecule has 0 aliphatic heterocycles. The molecule has 1 aliphatic carbocycles. The average molecular weight is 479 g/mol. The van der Waals surface area contributed by atoms with Crippen LogP contribution in [0.4, 0.5) is 8.78 Å². The predicted molar refractivity (Wildman–Crippen MR) is 140 cm³/mol. The third kappa shape index (κ3) is 6.15. The van der Waals surface area contributed by atoms with Gasteiger partial charge in [-0.1, -0.05) is 43.8 Å². The maximum atomic E-state index is 13.5. The molecule has 3 N–H and O–H groups in total. The fraction of sp³-hybridized carbons (Fsp3) is 0.367. The van der Waals surface area contributed by atoms with Gasteiger partial charge in [0.25, 0.3) is 0 Å². The van der Waals surface area contributed by atoms with Gasteiger partial charge in [0.05, 0.1) is 5.41 Å². The molecule has 4 rings (SSSR count). The van der Waals surface area contributed by atoms with E-state index >= 15 is 0 Å². The van der Waals surface area contributed by atoms with E-state index in [-0.39, 0.29) is 25.0 Å². The van der Waals surface area contributed by atoms with Crippen molar-refractivity contribution in [2.75, 3.05) is 13.1 Å². The van der Waals surface area contributed by atoms with Crippen LogP contribution < -0.4 is 11.1 Å². The fourth-order valence-corrected chi connectivity index (χ4v) is 4.77. The van der Waals surface area contributed by atoms with Gasteiger partial charge in [-0.15, -0.1) is 0 Å². The van der Waals surface area contributed by atoms with E-state index in [9.17, 15) is 13.6 Å². The van der Waals surface area contributed by atoms with Crippen molar-refractivity contribution in [2.24, 2.45) is 17.6 Å². The van der Waals surface area contributed by atoms with Gasteiger partial charge in [-0.05, 0) is 110 Å². The molecule has 1 fully saturated rings. The Kier molecular flexibility index (Phi) is 8.44. The summed E-state index contributed by atoms with van der Waals surface area (Å²) in [5.74, 6) is 0.378. The number of halogens is 2. The molecule has 0 bridgehead atoms. The Labute approximate surface area is 207 Å². The SMILES string of the molecule is C.CC(C)(C(=O)NC[C@H]1CC[C@@H](CN)C1)c1cc(-c2ccc(F)cc2)cc(-c2ccc(F)cc2)c1. The standard InChI is InChI=1S/C29H32F2N2O.CH4/c1-29(2,28(34)33-18-20-4-3-19(13-20)17-32)25-15-23(21-5-9-26(30)10-6-21)14-24(16-25)22-7-11-27(31)12-8-22;/h5-12,14-16,19-20H,3-4,13,17-18,32H2,1-2H3,(H,33,34);1H4/t19-,20+;/m1./s1. The summed E-state index contributed by atoms with van der Waals surface area (Å²) in [6.45, 7) is 5.19. The minimum Gasteiger partial charge on any atom is -0.355 e. The molecular formula is C30H36F2N2O. The lowest BCUT2D eigenvalue weighted by atomic mass is 9.80. The highest BCUT2D eigenvalue weighted by Gasteiger charge is 2.32. The lowest BCUT2D eigenvalue weighted by molar-refractivity contribution is -0.125. The molecule has 2 atom stereocenters. The van der Waals surface area contributed by atoms with Crippen LogP contribution in [-0.4, -0.2) is 19.0 Å². The normalized spacial score (nSPS) is 17.6. The molecule has 5 heteroatoms. The zero-order valence-electron chi connectivity index (χ0n) is 19.8. The van der Waals surface area contributed by atoms with Crippen molar-refractivity contribution in [1.82, 2.24) is 5.32 Å². The zero-order chi connectivity index (χ0) is 24.3. The molecule has 186 valence electrons. The highest BCUT2D eigenvalue weighted by Crippen LogP contribution is 2.35. The highest BCUT2D eigenvalue weighted by molar-refractivity contribution is 5.89. The lowest BCUT2D eigenvalue weighted by Crippen LogP contribution is -2.42. The number of amides is 1. The molecule has 0 aromatic heterocycles. The molecule has 0 heterocycles. The number of hydrogen-bond acceptors (Lipinski definition) is 2. The molecule has 0 unspecified atom stereocenters. The molecule has 3 aromatic carbocycles. The Balaban J connectivity index is 0.00000342. The van der Waals surface area contributed by atoms with Crippen molar-refractivity contribution in [3.05, 3.63) is 83.9 Å². The van der Waals surface area contributed by atoms with Crippen LogP contribution in [0, 0.1) is 23.5 Å². The van der Waals surface area contributed by atoms with Gasteiger partial charge < -0.3 is 11.1 Å². The summed E-state index contributed by atoms with van der Waals surface area (Å²) in [5, 5.41) is 3.16. The molecule has 1 saturated carbocycles. The van der Waals surface area contributed by atoms with Crippen molar-refractivity contribution in [3.63, 3.8) is 0 Å². The first-order chi connectivity index (χ1) is 16.3. The van der Waals surface area contributed by atoms with Crippen molar-refractivity contribution in [3.8, 4) is 22.3 Å². The van der Waals surface area contributed by atoms with Crippen LogP contribution in [-0.2, 0) is 10.2 Å². The van der Waals surface area contributed by atoms with E-state index in [0.717, 1.165) is 47.1 Å². The van der Waals surface area contributed by atoms with E-state index < -0.39 is 5.41 Å². The van der Waals surface area contributed by atoms with Crippen LogP contribution in [0.2, 0.25) is 0 Å². The summed E-state index contributed by atoms with van der Waals surface area (Å²) in [6, 6.07) is 18.6. The molecule has 3 nitrogen and oxygen atoms in total. The Morgan fingerprint density at radius 1 is 0.857 bits per heavy atom. The van der Waals surface area contributed by atoms with Gasteiger partial charge in [-0.25, -0.2) is 8.78 Å². The number of nitrogens with two attached hydrogens (primary N) is 1. The monoisotopic (exact) mass is 478 g/mol. The van der Waals surface area contributed by atoms with Crippen molar-refractivity contribution in [1.29, 1.82) is 0 Å². The zero-order valence-corrected chi connectivity index (χ0v) is 19.8. The topological polar surface area (TPSA) is 55.1 Å². The van der Waals surface area contributed by atoms with Crippen molar-refractivity contribution in [2.45, 2.75) is 46.0 Å². The summed E-state index contributed by atoms with van der Waals surface area (Å²) in [4.78, 5) is 13.3. The van der Waals surface area contributed by atoms with Crippen LogP contribution in [0.25, 0.3) is 22.3 Å². The summed E-state index contributed by atoms with van der Waals surface area (Å²) in [7, 11) is 0. The van der Waals surface area contributed by atoms with Gasteiger partial charge in [-0.3, -0.25) is 4.79 Å². The molecule has 35 heavy (non-hydrogen) atoms. The number of carbonyl (C=O) groups excluding carboxylic acids is 1. The molecular weight excluding hydrogens is 442 g/mol. The summed E-state index contributed by atoms with van der Waals surface area (Å²) < 4.78 is 27.0. The Morgan fingerprint density at radius 3 is 1.80 bits per heavy atom. The molecule has 3 aromatic rings. The third-order valence-corrected chi connectivity index (χ3v) is 7.11. The second-order valence-electron chi connectivity index (χ2n) is 9.93. The quantitative estimate of drug-likeness (QED) is 0.397. The number of carbonyl (C=O) groups is 1. The number of benzene rings is 3. The van der Waals surface area contributed by atoms with Crippen LogP contribution in [0.1, 0.15) is 46.1 Å². The average Bonchev–Trinajstić information content (AvgIpc) is 3.31. The van der Waals surface area contributed by atoms with Gasteiger partial charge in [0.1, 0.15) is 11.6 Å². The van der Waals surface area contributed by atoms with Crippen LogP contribution >= 0.6 is 0 Å². The molecule has 0 saturated heterocycles. The van der Waals surface area contributed by atoms with E-state index in [0.29, 0.717) is 24.9 Å². The number of nitrogens with one attached hydrogen (secondary N) is 1. The summed E-state index contributed by atoms with van der Waals surface area (Å²) >= 11 is 0. The van der Waals surface area contributed by atoms with E-state index in [1.807, 2.05) is 32.0 Å². The first kappa shape index (κ1) is 26.6. The fourth-order valence-electron chi connectivity index (χ4n) is 4.77. The van der Waals surface area contributed by atoms with Crippen LogP contribution in [0.5, 0.6) is 0 Å². The third-order valence-electron chi connectivity index (χ3n) is 7.11. The van der Waals surface area contributed by atoms with Gasteiger partial charge in [0.15, 0.2) is 0 Å². The lowest BCUT2D eigenvalue weighted by Gasteiger charge is -2.27. The van der Waals surface area contributed by atoms with Crippen LogP contribution in [0.3, 0.4) is 0 Å². The first-order valence-electron chi connectivity index (χ1n) is 11.9. The Bertz CT molecular complexity index is 1080. The van der Waals surface area contributed by atoms with E-state index in [1.54, 1.807) is 24.3 Å². The minimum absolute atomic E-state index is 0. The maximum absolute atomic E-state index is 13.5. The Morgan fingerprint density at radius 2 is 1.34 bits per heavy atom. The van der Waals surface area contributed by atoms with Gasteiger partial charge >= 0.3 is 0 Å². The maximum Gasteiger partial charge on any atom is 0.230 e. The van der Waals surface area contributed by atoms with E-state index in [1.165, 1.54) is 24.3 Å². The first-order valence-corrected chi connectivity index (χ1v) is 11.9. The molecule has 1 aliphatic rings. The minimum atomic E-state index is -0.795. The largest absolute Gasteiger partial charge is 0.355 e. The predicted octanol–water partition coefficient (Wildman–Crippen LogP) is 6.70. The van der Waals surface area contributed by atoms with Crippen LogP contribution in [0.15, 0.2) is 66.7 Å². The molecule has 1 amide bonds. The molecule has 0 spiro atoms. The van der Waals surface area contributed by atoms with Gasteiger partial charge in [0, 0.05) is 6.54 Å². The van der Waals surface area contributed by atoms with Gasteiger partial charge in [0.2, 0.25) is 5.91 Å². The smallest absolute Gasteiger partial charge is 0.230 e.